The highest BCUT2D eigenvalue weighted by Gasteiger charge is 2.41. The van der Waals surface area contributed by atoms with Crippen LogP contribution >= 0.6 is 0 Å². The van der Waals surface area contributed by atoms with Crippen molar-refractivity contribution in [1.29, 1.82) is 5.26 Å². The van der Waals surface area contributed by atoms with Gasteiger partial charge in [0.2, 0.25) is 0 Å². The fraction of sp³-hybridized carbons (Fsp3) is 0.105. The van der Waals surface area contributed by atoms with Crippen LogP contribution in [0, 0.1) is 18.3 Å². The van der Waals surface area contributed by atoms with Gasteiger partial charge in [0, 0.05) is 6.20 Å². The molecule has 0 fully saturated rings. The number of carbonyl (C=O) groups is 1. The molecule has 0 aliphatic rings. The first-order valence-corrected chi connectivity index (χ1v) is 8.95. The van der Waals surface area contributed by atoms with Gasteiger partial charge in [-0.05, 0) is 25.1 Å². The summed E-state index contributed by atoms with van der Waals surface area (Å²) in [7, 11) is 0. The van der Waals surface area contributed by atoms with Crippen LogP contribution in [0.2, 0.25) is 0 Å². The van der Waals surface area contributed by atoms with E-state index in [0.29, 0.717) is 10.4 Å². The largest absolute Gasteiger partial charge is 0.434 e. The van der Waals surface area contributed by atoms with Gasteiger partial charge < -0.3 is 5.32 Å². The van der Waals surface area contributed by atoms with Crippen molar-refractivity contribution in [3.8, 4) is 17.6 Å². The molecule has 0 spiro atoms. The van der Waals surface area contributed by atoms with Crippen LogP contribution in [0.25, 0.3) is 11.5 Å². The van der Waals surface area contributed by atoms with Crippen LogP contribution in [0.3, 0.4) is 0 Å². The number of alkyl halides is 3. The standard InChI is InChI=1S/C19H12F3N9O/c1-11-15(3-2-4-24-11)30-16(19(20,21)22)14(10-28-30)18(32)29-13-7-12(8-23)17(25-9-13)31-26-5-6-27-31/h2-7,9-10H,1H3,(H,29,32). The second-order valence-corrected chi connectivity index (χ2v) is 6.40. The molecule has 13 heteroatoms. The molecule has 0 atom stereocenters. The number of nitriles is 1. The van der Waals surface area contributed by atoms with Crippen LogP contribution in [0.5, 0.6) is 0 Å². The first-order chi connectivity index (χ1) is 15.3. The molecule has 0 aliphatic heterocycles. The van der Waals surface area contributed by atoms with Crippen LogP contribution in [0.1, 0.15) is 27.3 Å². The smallest absolute Gasteiger partial charge is 0.320 e. The van der Waals surface area contributed by atoms with Crippen molar-refractivity contribution in [3.05, 3.63) is 71.7 Å². The van der Waals surface area contributed by atoms with Gasteiger partial charge in [-0.15, -0.1) is 4.80 Å². The molecule has 1 amide bonds. The summed E-state index contributed by atoms with van der Waals surface area (Å²) in [4.78, 5) is 21.8. The van der Waals surface area contributed by atoms with E-state index in [4.69, 9.17) is 0 Å². The van der Waals surface area contributed by atoms with Crippen LogP contribution in [-0.4, -0.2) is 40.6 Å². The molecule has 1 N–H and O–H groups in total. The highest BCUT2D eigenvalue weighted by Crippen LogP contribution is 2.34. The van der Waals surface area contributed by atoms with Crippen molar-refractivity contribution in [3.63, 3.8) is 0 Å². The number of pyridine rings is 2. The zero-order valence-corrected chi connectivity index (χ0v) is 16.2. The minimum atomic E-state index is -4.88. The fourth-order valence-electron chi connectivity index (χ4n) is 2.96. The lowest BCUT2D eigenvalue weighted by molar-refractivity contribution is -0.143. The molecular weight excluding hydrogens is 427 g/mol. The van der Waals surface area contributed by atoms with Crippen molar-refractivity contribution in [1.82, 2.24) is 34.7 Å². The van der Waals surface area contributed by atoms with Crippen molar-refractivity contribution in [2.45, 2.75) is 13.1 Å². The molecule has 0 saturated carbocycles. The van der Waals surface area contributed by atoms with E-state index in [2.05, 4.69) is 30.6 Å². The van der Waals surface area contributed by atoms with Crippen molar-refractivity contribution in [2.75, 3.05) is 5.32 Å². The molecule has 4 aromatic rings. The van der Waals surface area contributed by atoms with Gasteiger partial charge in [-0.2, -0.15) is 33.7 Å². The Morgan fingerprint density at radius 2 is 1.88 bits per heavy atom. The molecule has 0 unspecified atom stereocenters. The van der Waals surface area contributed by atoms with E-state index in [1.165, 1.54) is 49.9 Å². The first-order valence-electron chi connectivity index (χ1n) is 8.95. The van der Waals surface area contributed by atoms with Crippen LogP contribution in [0.4, 0.5) is 18.9 Å². The summed E-state index contributed by atoms with van der Waals surface area (Å²) in [6, 6.07) is 6.02. The van der Waals surface area contributed by atoms with E-state index in [0.717, 1.165) is 11.0 Å². The van der Waals surface area contributed by atoms with Crippen LogP contribution < -0.4 is 5.32 Å². The van der Waals surface area contributed by atoms with E-state index in [1.54, 1.807) is 0 Å². The van der Waals surface area contributed by atoms with Gasteiger partial charge >= 0.3 is 6.18 Å². The van der Waals surface area contributed by atoms with E-state index < -0.39 is 23.3 Å². The maximum Gasteiger partial charge on any atom is 0.434 e. The highest BCUT2D eigenvalue weighted by molar-refractivity contribution is 6.05. The van der Waals surface area contributed by atoms with Gasteiger partial charge in [0.15, 0.2) is 11.5 Å². The third-order valence-corrected chi connectivity index (χ3v) is 4.34. The summed E-state index contributed by atoms with van der Waals surface area (Å²) in [6.45, 7) is 1.53. The van der Waals surface area contributed by atoms with Crippen LogP contribution in [0.15, 0.2) is 49.2 Å². The minimum Gasteiger partial charge on any atom is -0.320 e. The Balaban J connectivity index is 1.70. The van der Waals surface area contributed by atoms with Gasteiger partial charge in [-0.25, -0.2) is 9.67 Å². The van der Waals surface area contributed by atoms with E-state index in [9.17, 15) is 23.2 Å². The van der Waals surface area contributed by atoms with Crippen molar-refractivity contribution >= 4 is 11.6 Å². The van der Waals surface area contributed by atoms with Crippen LogP contribution in [-0.2, 0) is 6.18 Å². The van der Waals surface area contributed by atoms with Gasteiger partial charge in [0.25, 0.3) is 5.91 Å². The maximum atomic E-state index is 13.9. The fourth-order valence-corrected chi connectivity index (χ4v) is 2.96. The molecule has 0 saturated heterocycles. The number of anilines is 1. The molecule has 4 heterocycles. The number of hydrogen-bond donors (Lipinski definition) is 1. The zero-order chi connectivity index (χ0) is 22.9. The topological polar surface area (TPSA) is 127 Å². The summed E-state index contributed by atoms with van der Waals surface area (Å²) in [5.41, 5.74) is -1.53. The molecule has 0 radical (unpaired) electrons. The third kappa shape index (κ3) is 3.76. The average molecular weight is 439 g/mol. The van der Waals surface area contributed by atoms with E-state index in [1.807, 2.05) is 6.07 Å². The van der Waals surface area contributed by atoms with Gasteiger partial charge in [0.05, 0.1) is 47.4 Å². The lowest BCUT2D eigenvalue weighted by Crippen LogP contribution is -2.21. The molecule has 0 bridgehead atoms. The number of nitrogens with one attached hydrogen (secondary N) is 1. The number of aryl methyl sites for hydroxylation is 1. The van der Waals surface area contributed by atoms with Crippen molar-refractivity contribution < 1.29 is 18.0 Å². The maximum absolute atomic E-state index is 13.9. The summed E-state index contributed by atoms with van der Waals surface area (Å²) in [5.74, 6) is -0.966. The minimum absolute atomic E-state index is 0.0109. The van der Waals surface area contributed by atoms with Crippen molar-refractivity contribution in [2.24, 2.45) is 0 Å². The Labute approximate surface area is 178 Å². The predicted molar refractivity (Wildman–Crippen MR) is 103 cm³/mol. The number of aromatic nitrogens is 7. The molecule has 4 rings (SSSR count). The average Bonchev–Trinajstić information content (AvgIpc) is 3.44. The molecule has 10 nitrogen and oxygen atoms in total. The van der Waals surface area contributed by atoms with Gasteiger partial charge in [-0.3, -0.25) is 9.78 Å². The monoisotopic (exact) mass is 439 g/mol. The van der Waals surface area contributed by atoms with E-state index >= 15 is 0 Å². The normalized spacial score (nSPS) is 11.2. The Morgan fingerprint density at radius 1 is 1.12 bits per heavy atom. The summed E-state index contributed by atoms with van der Waals surface area (Å²) in [6.07, 6.45) is 1.34. The number of hydrogen-bond acceptors (Lipinski definition) is 7. The Morgan fingerprint density at radius 3 is 2.53 bits per heavy atom. The summed E-state index contributed by atoms with van der Waals surface area (Å²) >= 11 is 0. The molecule has 160 valence electrons. The number of amides is 1. The summed E-state index contributed by atoms with van der Waals surface area (Å²) < 4.78 is 42.2. The molecule has 4 aromatic heterocycles. The highest BCUT2D eigenvalue weighted by atomic mass is 19.4. The molecule has 0 aliphatic carbocycles. The summed E-state index contributed by atoms with van der Waals surface area (Å²) in [5, 5.41) is 23.2. The molecule has 0 aromatic carbocycles. The molecule has 32 heavy (non-hydrogen) atoms. The number of carbonyl (C=O) groups excluding carboxylic acids is 1. The second-order valence-electron chi connectivity index (χ2n) is 6.40. The Kier molecular flexibility index (Phi) is 5.11. The van der Waals surface area contributed by atoms with Gasteiger partial charge in [0.1, 0.15) is 11.6 Å². The van der Waals surface area contributed by atoms with Gasteiger partial charge in [-0.1, -0.05) is 0 Å². The number of rotatable bonds is 4. The van der Waals surface area contributed by atoms with E-state index in [-0.39, 0.29) is 22.8 Å². The predicted octanol–water partition coefficient (Wildman–Crippen LogP) is 2.69. The Bertz CT molecular complexity index is 1340. The lowest BCUT2D eigenvalue weighted by Gasteiger charge is -2.14. The lowest BCUT2D eigenvalue weighted by atomic mass is 10.2. The quantitative estimate of drug-likeness (QED) is 0.518. The first kappa shape index (κ1) is 20.7. The molecular formula is C19H12F3N9O. The second kappa shape index (κ2) is 7.91. The SMILES string of the molecule is Cc1ncccc1-n1ncc(C(=O)Nc2cnc(-n3nccn3)c(C#N)c2)c1C(F)(F)F. The number of nitrogens with zero attached hydrogens (tertiary/aromatic N) is 8. The number of halogens is 3. The Hall–Kier alpha value is -4.60. The zero-order valence-electron chi connectivity index (χ0n) is 16.2. The third-order valence-electron chi connectivity index (χ3n) is 4.34.